The molecule has 0 aliphatic rings. The average molecular weight is 356 g/mol. The number of hydrogen-bond donors (Lipinski definition) is 1. The predicted molar refractivity (Wildman–Crippen MR) is 83.7 cm³/mol. The third-order valence-electron chi connectivity index (χ3n) is 3.34. The molecule has 1 aromatic carbocycles. The zero-order valence-corrected chi connectivity index (χ0v) is 13.8. The summed E-state index contributed by atoms with van der Waals surface area (Å²) in [6.07, 6.45) is 1.83. The lowest BCUT2D eigenvalue weighted by Gasteiger charge is -2.08. The molecule has 0 spiro atoms. The second-order valence-electron chi connectivity index (χ2n) is 4.82. The van der Waals surface area contributed by atoms with E-state index in [1.54, 1.807) is 13.2 Å². The maximum atomic E-state index is 13.9. The molecule has 0 amide bonds. The van der Waals surface area contributed by atoms with Crippen LogP contribution in [-0.4, -0.2) is 30.0 Å². The number of nitrogens with one attached hydrogen (secondary N) is 1. The van der Waals surface area contributed by atoms with E-state index >= 15 is 0 Å². The van der Waals surface area contributed by atoms with Gasteiger partial charge in [-0.2, -0.15) is 5.10 Å². The van der Waals surface area contributed by atoms with E-state index in [1.807, 2.05) is 23.9 Å². The monoisotopic (exact) mass is 355 g/mol. The molecule has 1 heterocycles. The Bertz CT molecular complexity index is 601. The summed E-state index contributed by atoms with van der Waals surface area (Å²) in [5.41, 5.74) is 2.79. The molecule has 2 aromatic rings. The Labute approximate surface area is 132 Å². The van der Waals surface area contributed by atoms with Gasteiger partial charge in [0.05, 0.1) is 19.3 Å². The van der Waals surface area contributed by atoms with Crippen LogP contribution < -0.4 is 5.32 Å². The van der Waals surface area contributed by atoms with Crippen LogP contribution in [0, 0.1) is 12.7 Å². The van der Waals surface area contributed by atoms with Gasteiger partial charge < -0.3 is 10.1 Å². The van der Waals surface area contributed by atoms with Gasteiger partial charge in [0.1, 0.15) is 5.82 Å². The second-order valence-corrected chi connectivity index (χ2v) is 5.73. The van der Waals surface area contributed by atoms with Crippen molar-refractivity contribution in [3.05, 3.63) is 51.5 Å². The Morgan fingerprint density at radius 1 is 1.38 bits per heavy atom. The lowest BCUT2D eigenvalue weighted by Crippen LogP contribution is -2.19. The lowest BCUT2D eigenvalue weighted by atomic mass is 10.2. The molecule has 0 fully saturated rings. The molecule has 0 aliphatic carbocycles. The highest BCUT2D eigenvalue weighted by atomic mass is 79.9. The van der Waals surface area contributed by atoms with Crippen molar-refractivity contribution >= 4 is 15.9 Å². The number of halogens is 2. The van der Waals surface area contributed by atoms with Crippen molar-refractivity contribution in [2.24, 2.45) is 0 Å². The first kappa shape index (κ1) is 16.1. The molecule has 4 nitrogen and oxygen atoms in total. The summed E-state index contributed by atoms with van der Waals surface area (Å²) in [5.74, 6) is -0.223. The fourth-order valence-corrected chi connectivity index (χ4v) is 2.36. The maximum Gasteiger partial charge on any atom is 0.129 e. The molecule has 21 heavy (non-hydrogen) atoms. The van der Waals surface area contributed by atoms with E-state index in [0.717, 1.165) is 28.8 Å². The highest BCUT2D eigenvalue weighted by Crippen LogP contribution is 2.17. The predicted octanol–water partition coefficient (Wildman–Crippen LogP) is 2.88. The summed E-state index contributed by atoms with van der Waals surface area (Å²) < 4.78 is 21.4. The van der Waals surface area contributed by atoms with E-state index in [0.29, 0.717) is 18.7 Å². The van der Waals surface area contributed by atoms with Crippen molar-refractivity contribution in [1.82, 2.24) is 15.1 Å². The van der Waals surface area contributed by atoms with Crippen LogP contribution in [0.5, 0.6) is 0 Å². The molecule has 2 rings (SSSR count). The minimum Gasteiger partial charge on any atom is -0.383 e. The first-order valence-electron chi connectivity index (χ1n) is 6.76. The largest absolute Gasteiger partial charge is 0.383 e. The van der Waals surface area contributed by atoms with Crippen LogP contribution in [0.4, 0.5) is 4.39 Å². The molecule has 114 valence electrons. The van der Waals surface area contributed by atoms with Crippen LogP contribution in [0.2, 0.25) is 0 Å². The quantitative estimate of drug-likeness (QED) is 0.776. The number of hydrogen-bond acceptors (Lipinski definition) is 3. The van der Waals surface area contributed by atoms with Crippen molar-refractivity contribution < 1.29 is 9.13 Å². The van der Waals surface area contributed by atoms with Gasteiger partial charge in [0.25, 0.3) is 0 Å². The summed E-state index contributed by atoms with van der Waals surface area (Å²) in [6.45, 7) is 4.64. The molecule has 0 saturated carbocycles. The van der Waals surface area contributed by atoms with Crippen molar-refractivity contribution in [3.8, 4) is 0 Å². The Kier molecular flexibility index (Phi) is 5.90. The van der Waals surface area contributed by atoms with Gasteiger partial charge in [-0.3, -0.25) is 4.68 Å². The van der Waals surface area contributed by atoms with Crippen molar-refractivity contribution in [2.75, 3.05) is 20.3 Å². The van der Waals surface area contributed by atoms with Crippen LogP contribution in [0.1, 0.15) is 16.8 Å². The van der Waals surface area contributed by atoms with Crippen LogP contribution >= 0.6 is 15.9 Å². The molecule has 0 aliphatic heterocycles. The zero-order valence-electron chi connectivity index (χ0n) is 12.2. The molecular formula is C15H19BrFN3O. The minimum atomic E-state index is -0.223. The fourth-order valence-electron chi connectivity index (χ4n) is 2.03. The summed E-state index contributed by atoms with van der Waals surface area (Å²) in [6, 6.07) is 5.09. The highest BCUT2D eigenvalue weighted by molar-refractivity contribution is 9.10. The second kappa shape index (κ2) is 7.68. The Balaban J connectivity index is 2.02. The maximum absolute atomic E-state index is 13.9. The number of methoxy groups -OCH3 is 1. The molecule has 6 heteroatoms. The van der Waals surface area contributed by atoms with Gasteiger partial charge in [-0.15, -0.1) is 0 Å². The normalized spacial score (nSPS) is 11.0. The van der Waals surface area contributed by atoms with Crippen LogP contribution in [0.25, 0.3) is 0 Å². The van der Waals surface area contributed by atoms with Gasteiger partial charge in [0.15, 0.2) is 0 Å². The number of aromatic nitrogens is 2. The number of nitrogens with zero attached hydrogens (tertiary/aromatic N) is 2. The molecule has 0 unspecified atom stereocenters. The van der Waals surface area contributed by atoms with Crippen molar-refractivity contribution in [3.63, 3.8) is 0 Å². The summed E-state index contributed by atoms with van der Waals surface area (Å²) in [5, 5.41) is 7.62. The average Bonchev–Trinajstić information content (AvgIpc) is 2.79. The number of ether oxygens (including phenoxy) is 1. The molecule has 0 bridgehead atoms. The molecular weight excluding hydrogens is 337 g/mol. The van der Waals surface area contributed by atoms with Gasteiger partial charge in [-0.25, -0.2) is 4.39 Å². The third kappa shape index (κ3) is 4.36. The Morgan fingerprint density at radius 3 is 2.90 bits per heavy atom. The van der Waals surface area contributed by atoms with Gasteiger partial charge in [-0.1, -0.05) is 22.0 Å². The van der Waals surface area contributed by atoms with Crippen molar-refractivity contribution in [2.45, 2.75) is 20.0 Å². The molecule has 1 N–H and O–H groups in total. The number of benzene rings is 1. The third-order valence-corrected chi connectivity index (χ3v) is 3.83. The first-order valence-corrected chi connectivity index (χ1v) is 7.56. The molecule has 0 atom stereocenters. The summed E-state index contributed by atoms with van der Waals surface area (Å²) in [7, 11) is 1.68. The summed E-state index contributed by atoms with van der Waals surface area (Å²) >= 11 is 3.26. The summed E-state index contributed by atoms with van der Waals surface area (Å²) in [4.78, 5) is 0. The van der Waals surface area contributed by atoms with Crippen LogP contribution in [-0.2, 0) is 17.8 Å². The van der Waals surface area contributed by atoms with Gasteiger partial charge >= 0.3 is 0 Å². The first-order chi connectivity index (χ1) is 10.1. The molecule has 0 saturated heterocycles. The van der Waals surface area contributed by atoms with Gasteiger partial charge in [-0.05, 0) is 19.1 Å². The zero-order chi connectivity index (χ0) is 15.2. The topological polar surface area (TPSA) is 39.1 Å². The lowest BCUT2D eigenvalue weighted by molar-refractivity contribution is 0.199. The van der Waals surface area contributed by atoms with E-state index in [1.165, 1.54) is 6.07 Å². The van der Waals surface area contributed by atoms with E-state index in [9.17, 15) is 4.39 Å². The van der Waals surface area contributed by atoms with Gasteiger partial charge in [0, 0.05) is 41.5 Å². The van der Waals surface area contributed by atoms with Crippen molar-refractivity contribution in [1.29, 1.82) is 0 Å². The van der Waals surface area contributed by atoms with E-state index in [-0.39, 0.29) is 5.82 Å². The van der Waals surface area contributed by atoms with Gasteiger partial charge in [0.2, 0.25) is 0 Å². The minimum absolute atomic E-state index is 0.223. The Hall–Kier alpha value is -1.24. The molecule has 0 radical (unpaired) electrons. The fraction of sp³-hybridized carbons (Fsp3) is 0.400. The van der Waals surface area contributed by atoms with Crippen LogP contribution in [0.3, 0.4) is 0 Å². The van der Waals surface area contributed by atoms with Crippen LogP contribution in [0.15, 0.2) is 28.9 Å². The highest BCUT2D eigenvalue weighted by Gasteiger charge is 2.09. The molecule has 1 aromatic heterocycles. The van der Waals surface area contributed by atoms with E-state index in [2.05, 4.69) is 26.3 Å². The number of rotatable bonds is 7. The Morgan fingerprint density at radius 2 is 2.19 bits per heavy atom. The standard InChI is InChI=1S/C15H19BrFN3O/c1-11-13(8-18-5-6-21-2)9-19-20(11)10-12-3-4-14(16)7-15(12)17/h3-4,7,9,18H,5-6,8,10H2,1-2H3. The SMILES string of the molecule is COCCNCc1cnn(Cc2ccc(Br)cc2F)c1C. The van der Waals surface area contributed by atoms with E-state index in [4.69, 9.17) is 4.74 Å². The van der Waals surface area contributed by atoms with E-state index < -0.39 is 0 Å². The smallest absolute Gasteiger partial charge is 0.129 e.